The molecule has 0 radical (unpaired) electrons. The van der Waals surface area contributed by atoms with Gasteiger partial charge in [0.15, 0.2) is 5.78 Å². The summed E-state index contributed by atoms with van der Waals surface area (Å²) in [4.78, 5) is 30.1. The molecule has 8 nitrogen and oxygen atoms in total. The SMILES string of the molecule is Cc1cc(=O)[nH]c2ccc(CC(=O)c3cc(S(=O)(=O)N(C)C)ccc3N3CCOCC3)cc12. The standard InChI is InChI=1S/C24H27N3O5S/c1-16-12-24(29)25-21-6-4-17(13-19(16)21)14-23(28)20-15-18(33(30,31)26(2)3)5-7-22(20)27-8-10-32-11-9-27/h4-7,12-13,15H,8-11,14H2,1-3H3,(H,25,29). The van der Waals surface area contributed by atoms with Crippen LogP contribution >= 0.6 is 0 Å². The molecule has 1 fully saturated rings. The van der Waals surface area contributed by atoms with Crippen LogP contribution in [0.15, 0.2) is 52.2 Å². The second-order valence-electron chi connectivity index (χ2n) is 8.36. The molecule has 0 saturated carbocycles. The Morgan fingerprint density at radius 2 is 1.82 bits per heavy atom. The summed E-state index contributed by atoms with van der Waals surface area (Å²) < 4.78 is 32.0. The van der Waals surface area contributed by atoms with Gasteiger partial charge in [-0.3, -0.25) is 9.59 Å². The van der Waals surface area contributed by atoms with Crippen molar-refractivity contribution in [2.45, 2.75) is 18.2 Å². The fourth-order valence-corrected chi connectivity index (χ4v) is 4.98. The number of nitrogens with one attached hydrogen (secondary N) is 1. The third-order valence-corrected chi connectivity index (χ3v) is 7.69. The van der Waals surface area contributed by atoms with Crippen LogP contribution in [0.5, 0.6) is 0 Å². The van der Waals surface area contributed by atoms with E-state index in [1.54, 1.807) is 18.2 Å². The molecule has 1 aliphatic heterocycles. The van der Waals surface area contributed by atoms with Gasteiger partial charge in [-0.15, -0.1) is 0 Å². The van der Waals surface area contributed by atoms with Crippen LogP contribution < -0.4 is 10.5 Å². The fraction of sp³-hybridized carbons (Fsp3) is 0.333. The highest BCUT2D eigenvalue weighted by Gasteiger charge is 2.24. The van der Waals surface area contributed by atoms with Gasteiger partial charge >= 0.3 is 0 Å². The molecule has 9 heteroatoms. The number of fused-ring (bicyclic) bond motifs is 1. The molecular formula is C24H27N3O5S. The van der Waals surface area contributed by atoms with Crippen LogP contribution in [0.1, 0.15) is 21.5 Å². The van der Waals surface area contributed by atoms with Gasteiger partial charge in [0.2, 0.25) is 15.6 Å². The van der Waals surface area contributed by atoms with E-state index in [-0.39, 0.29) is 22.7 Å². The highest BCUT2D eigenvalue weighted by molar-refractivity contribution is 7.89. The van der Waals surface area contributed by atoms with Crippen molar-refractivity contribution in [2.75, 3.05) is 45.3 Å². The number of aryl methyl sites for hydroxylation is 1. The Bertz CT molecular complexity index is 1370. The van der Waals surface area contributed by atoms with E-state index >= 15 is 0 Å². The zero-order valence-corrected chi connectivity index (χ0v) is 19.7. The second-order valence-corrected chi connectivity index (χ2v) is 10.5. The van der Waals surface area contributed by atoms with E-state index in [0.717, 1.165) is 20.8 Å². The molecule has 0 amide bonds. The Labute approximate surface area is 192 Å². The topological polar surface area (TPSA) is 99.8 Å². The van der Waals surface area contributed by atoms with Crippen LogP contribution in [0.3, 0.4) is 0 Å². The van der Waals surface area contributed by atoms with Crippen LogP contribution in [0.2, 0.25) is 0 Å². The lowest BCUT2D eigenvalue weighted by Gasteiger charge is -2.30. The van der Waals surface area contributed by atoms with Gasteiger partial charge in [-0.2, -0.15) is 0 Å². The molecule has 0 aliphatic carbocycles. The van der Waals surface area contributed by atoms with E-state index in [1.807, 2.05) is 19.1 Å². The quantitative estimate of drug-likeness (QED) is 0.557. The Morgan fingerprint density at radius 1 is 1.09 bits per heavy atom. The first-order chi connectivity index (χ1) is 15.7. The van der Waals surface area contributed by atoms with Gasteiger partial charge in [0.25, 0.3) is 0 Å². The molecule has 0 spiro atoms. The Balaban J connectivity index is 1.74. The van der Waals surface area contributed by atoms with Gasteiger partial charge < -0.3 is 14.6 Å². The molecule has 0 unspecified atom stereocenters. The number of carbonyl (C=O) groups excluding carboxylic acids is 1. The normalized spacial score (nSPS) is 14.7. The minimum absolute atomic E-state index is 0.0831. The number of ether oxygens (including phenoxy) is 1. The molecule has 2 aromatic carbocycles. The van der Waals surface area contributed by atoms with Crippen LogP contribution in [-0.2, 0) is 21.2 Å². The Hall–Kier alpha value is -3.01. The summed E-state index contributed by atoms with van der Waals surface area (Å²) in [6, 6.07) is 11.8. The lowest BCUT2D eigenvalue weighted by Crippen LogP contribution is -2.37. The van der Waals surface area contributed by atoms with E-state index < -0.39 is 10.0 Å². The summed E-state index contributed by atoms with van der Waals surface area (Å²) in [6.07, 6.45) is 0.108. The number of nitrogens with zero attached hydrogens (tertiary/aromatic N) is 2. The number of hydrogen-bond acceptors (Lipinski definition) is 6. The van der Waals surface area contributed by atoms with Crippen LogP contribution in [0.4, 0.5) is 5.69 Å². The minimum Gasteiger partial charge on any atom is -0.378 e. The predicted octanol–water partition coefficient (Wildman–Crippen LogP) is 2.35. The number of ketones is 1. The number of hydrogen-bond donors (Lipinski definition) is 1. The number of benzene rings is 2. The molecule has 1 N–H and O–H groups in total. The molecule has 3 aromatic rings. The van der Waals surface area contributed by atoms with Crippen molar-refractivity contribution in [2.24, 2.45) is 0 Å². The van der Waals surface area contributed by atoms with Gasteiger partial charge in [0, 0.05) is 61.8 Å². The molecule has 33 heavy (non-hydrogen) atoms. The van der Waals surface area contributed by atoms with E-state index in [4.69, 9.17) is 4.74 Å². The summed E-state index contributed by atoms with van der Waals surface area (Å²) in [7, 11) is -0.754. The van der Waals surface area contributed by atoms with Crippen molar-refractivity contribution in [3.8, 4) is 0 Å². The van der Waals surface area contributed by atoms with Crippen LogP contribution in [0.25, 0.3) is 10.9 Å². The zero-order chi connectivity index (χ0) is 23.8. The van der Waals surface area contributed by atoms with E-state index in [1.165, 1.54) is 26.2 Å². The number of H-pyrrole nitrogens is 1. The number of rotatable bonds is 6. The van der Waals surface area contributed by atoms with E-state index in [9.17, 15) is 18.0 Å². The molecule has 0 atom stereocenters. The van der Waals surface area contributed by atoms with Crippen molar-refractivity contribution in [1.29, 1.82) is 0 Å². The molecule has 1 aromatic heterocycles. The smallest absolute Gasteiger partial charge is 0.248 e. The maximum absolute atomic E-state index is 13.5. The molecule has 2 heterocycles. The average Bonchev–Trinajstić information content (AvgIpc) is 2.79. The van der Waals surface area contributed by atoms with E-state index in [2.05, 4.69) is 9.88 Å². The van der Waals surface area contributed by atoms with Crippen molar-refractivity contribution in [3.63, 3.8) is 0 Å². The maximum Gasteiger partial charge on any atom is 0.248 e. The summed E-state index contributed by atoms with van der Waals surface area (Å²) >= 11 is 0. The first-order valence-corrected chi connectivity index (χ1v) is 12.2. The number of sulfonamides is 1. The molecule has 174 valence electrons. The van der Waals surface area contributed by atoms with Crippen molar-refractivity contribution >= 4 is 32.4 Å². The highest BCUT2D eigenvalue weighted by Crippen LogP contribution is 2.28. The lowest BCUT2D eigenvalue weighted by molar-refractivity contribution is 0.0991. The molecule has 0 bridgehead atoms. The van der Waals surface area contributed by atoms with Crippen molar-refractivity contribution in [3.05, 3.63) is 69.5 Å². The monoisotopic (exact) mass is 469 g/mol. The van der Waals surface area contributed by atoms with Gasteiger partial charge in [-0.05, 0) is 48.4 Å². The molecular weight excluding hydrogens is 442 g/mol. The summed E-state index contributed by atoms with van der Waals surface area (Å²) in [5.74, 6) is -0.172. The predicted molar refractivity (Wildman–Crippen MR) is 128 cm³/mol. The first-order valence-electron chi connectivity index (χ1n) is 10.7. The maximum atomic E-state index is 13.5. The number of Topliss-reactive ketones (excluding diaryl/α,β-unsaturated/α-hetero) is 1. The number of anilines is 1. The van der Waals surface area contributed by atoms with E-state index in [0.29, 0.717) is 43.1 Å². The minimum atomic E-state index is -3.69. The van der Waals surface area contributed by atoms with Gasteiger partial charge in [0.1, 0.15) is 0 Å². The number of aromatic nitrogens is 1. The van der Waals surface area contributed by atoms with Crippen LogP contribution in [0, 0.1) is 6.92 Å². The third-order valence-electron chi connectivity index (χ3n) is 5.88. The number of pyridine rings is 1. The number of carbonyl (C=O) groups is 1. The summed E-state index contributed by atoms with van der Waals surface area (Å²) in [6.45, 7) is 4.21. The van der Waals surface area contributed by atoms with Gasteiger partial charge in [-0.1, -0.05) is 6.07 Å². The first kappa shape index (κ1) is 23.2. The highest BCUT2D eigenvalue weighted by atomic mass is 32.2. The van der Waals surface area contributed by atoms with Crippen molar-refractivity contribution in [1.82, 2.24) is 9.29 Å². The zero-order valence-electron chi connectivity index (χ0n) is 18.9. The number of morpholine rings is 1. The lowest BCUT2D eigenvalue weighted by atomic mass is 9.98. The average molecular weight is 470 g/mol. The Kier molecular flexibility index (Phi) is 6.38. The number of aromatic amines is 1. The summed E-state index contributed by atoms with van der Waals surface area (Å²) in [5.41, 5.74) is 3.25. The molecule has 1 aliphatic rings. The molecule has 1 saturated heterocycles. The van der Waals surface area contributed by atoms with Gasteiger partial charge in [0.05, 0.1) is 18.1 Å². The second kappa shape index (κ2) is 9.09. The third kappa shape index (κ3) is 4.71. The Morgan fingerprint density at radius 3 is 2.52 bits per heavy atom. The van der Waals surface area contributed by atoms with Gasteiger partial charge in [-0.25, -0.2) is 12.7 Å². The summed E-state index contributed by atoms with van der Waals surface area (Å²) in [5, 5.41) is 0.872. The molecule has 4 rings (SSSR count). The van der Waals surface area contributed by atoms with Crippen LogP contribution in [-0.4, -0.2) is 63.9 Å². The fourth-order valence-electron chi connectivity index (χ4n) is 4.05. The van der Waals surface area contributed by atoms with Crippen molar-refractivity contribution < 1.29 is 17.9 Å². The largest absolute Gasteiger partial charge is 0.378 e.